The van der Waals surface area contributed by atoms with Crippen LogP contribution in [0.1, 0.15) is 19.3 Å². The second-order valence-corrected chi connectivity index (χ2v) is 3.28. The highest BCUT2D eigenvalue weighted by Crippen LogP contribution is 2.28. The lowest BCUT2D eigenvalue weighted by atomic mass is 9.78. The van der Waals surface area contributed by atoms with E-state index in [9.17, 15) is 0 Å². The molecule has 3 atom stereocenters. The van der Waals surface area contributed by atoms with Crippen LogP contribution in [0.5, 0.6) is 0 Å². The van der Waals surface area contributed by atoms with Gasteiger partial charge in [-0.2, -0.15) is 0 Å². The Morgan fingerprint density at radius 2 is 2.22 bits per heavy atom. The molecule has 2 heterocycles. The normalized spacial score (nSPS) is 49.7. The lowest BCUT2D eigenvalue weighted by Crippen LogP contribution is -2.53. The van der Waals surface area contributed by atoms with Crippen LogP contribution in [0.3, 0.4) is 0 Å². The highest BCUT2D eigenvalue weighted by Gasteiger charge is 2.33. The van der Waals surface area contributed by atoms with Gasteiger partial charge in [0, 0.05) is 18.6 Å². The van der Waals surface area contributed by atoms with E-state index in [1.54, 1.807) is 0 Å². The number of hydrogen-bond donors (Lipinski definition) is 1. The number of piperidine rings is 2. The fraction of sp³-hybridized carbons (Fsp3) is 1.00. The Kier molecular flexibility index (Phi) is 1.24. The average molecular weight is 125 g/mol. The van der Waals surface area contributed by atoms with Gasteiger partial charge in [0.15, 0.2) is 0 Å². The second kappa shape index (κ2) is 1.96. The van der Waals surface area contributed by atoms with Gasteiger partial charge in [-0.25, -0.2) is 5.32 Å². The van der Waals surface area contributed by atoms with Crippen molar-refractivity contribution in [3.63, 3.8) is 0 Å². The largest absolute Gasteiger partial charge is 0.326 e. The van der Waals surface area contributed by atoms with Crippen molar-refractivity contribution >= 4 is 0 Å². The van der Waals surface area contributed by atoms with Crippen LogP contribution < -0.4 is 11.1 Å². The molecule has 0 spiro atoms. The molecule has 2 nitrogen and oxygen atoms in total. The van der Waals surface area contributed by atoms with Crippen molar-refractivity contribution in [1.29, 1.82) is 0 Å². The number of hydrogen-bond acceptors (Lipinski definition) is 1. The first kappa shape index (κ1) is 5.69. The predicted molar refractivity (Wildman–Crippen MR) is 36.1 cm³/mol. The maximum Gasteiger partial charge on any atom is 0.0397 e. The van der Waals surface area contributed by atoms with Gasteiger partial charge in [-0.3, -0.25) is 0 Å². The van der Waals surface area contributed by atoms with Gasteiger partial charge in [0.1, 0.15) is 0 Å². The molecule has 0 amide bonds. The first-order valence-corrected chi connectivity index (χ1v) is 3.78. The van der Waals surface area contributed by atoms with Gasteiger partial charge in [0.2, 0.25) is 0 Å². The van der Waals surface area contributed by atoms with Crippen LogP contribution in [0.4, 0.5) is 0 Å². The summed E-state index contributed by atoms with van der Waals surface area (Å²) in [7, 11) is 0. The maximum absolute atomic E-state index is 5.83. The van der Waals surface area contributed by atoms with Gasteiger partial charge in [-0.15, -0.1) is 0 Å². The zero-order valence-corrected chi connectivity index (χ0v) is 5.59. The number of nitrogens with two attached hydrogens (primary N) is 1. The molecule has 3 aliphatic rings. The predicted octanol–water partition coefficient (Wildman–Crippen LogP) is 0.100. The lowest BCUT2D eigenvalue weighted by molar-refractivity contribution is 0.180. The van der Waals surface area contributed by atoms with Crippen molar-refractivity contribution in [1.82, 2.24) is 5.32 Å². The minimum atomic E-state index is 0.400. The van der Waals surface area contributed by atoms with Gasteiger partial charge in [0.25, 0.3) is 0 Å². The molecule has 2 heteroatoms. The first-order chi connectivity index (χ1) is 4.36. The molecule has 2 saturated heterocycles. The summed E-state index contributed by atoms with van der Waals surface area (Å²) in [5, 5.41) is 4.45. The topological polar surface area (TPSA) is 40.1 Å². The monoisotopic (exact) mass is 125 g/mol. The third kappa shape index (κ3) is 0.864. The molecule has 51 valence electrons. The fourth-order valence-corrected chi connectivity index (χ4v) is 1.96. The Morgan fingerprint density at radius 1 is 1.33 bits per heavy atom. The molecule has 3 fully saturated rings. The summed E-state index contributed by atoms with van der Waals surface area (Å²) < 4.78 is 0. The molecule has 9 heavy (non-hydrogen) atoms. The average Bonchev–Trinajstić information content (AvgIpc) is 1.90. The van der Waals surface area contributed by atoms with Crippen LogP contribution in [0.15, 0.2) is 0 Å². The minimum absolute atomic E-state index is 0.400. The smallest absolute Gasteiger partial charge is 0.0397 e. The van der Waals surface area contributed by atoms with Gasteiger partial charge in [0.05, 0.1) is 0 Å². The molecule has 0 aromatic carbocycles. The SMILES string of the molecule is NC1CC2CCC1[N]C2. The number of rotatable bonds is 0. The quantitative estimate of drug-likeness (QED) is 0.490. The molecule has 1 aliphatic carbocycles. The van der Waals surface area contributed by atoms with E-state index in [2.05, 4.69) is 5.32 Å². The van der Waals surface area contributed by atoms with Crippen molar-refractivity contribution in [2.45, 2.75) is 31.3 Å². The second-order valence-electron chi connectivity index (χ2n) is 3.28. The van der Waals surface area contributed by atoms with Crippen LogP contribution in [0.25, 0.3) is 0 Å². The summed E-state index contributed by atoms with van der Waals surface area (Å²) in [6, 6.07) is 0.924. The molecule has 0 aromatic heterocycles. The summed E-state index contributed by atoms with van der Waals surface area (Å²) in [5.41, 5.74) is 5.83. The highest BCUT2D eigenvalue weighted by molar-refractivity contribution is 4.93. The van der Waals surface area contributed by atoms with Crippen LogP contribution in [-0.4, -0.2) is 18.6 Å². The molecule has 1 radical (unpaired) electrons. The lowest BCUT2D eigenvalue weighted by Gasteiger charge is -2.39. The Labute approximate surface area is 55.8 Å². The van der Waals surface area contributed by atoms with E-state index >= 15 is 0 Å². The van der Waals surface area contributed by atoms with E-state index in [0.717, 1.165) is 12.5 Å². The molecular weight excluding hydrogens is 112 g/mol. The van der Waals surface area contributed by atoms with Gasteiger partial charge < -0.3 is 5.73 Å². The zero-order valence-electron chi connectivity index (χ0n) is 5.59. The molecule has 3 unspecified atom stereocenters. The standard InChI is InChI=1S/C7H13N2/c8-6-3-5-1-2-7(6)9-4-5/h5-7H,1-4,8H2. The van der Waals surface area contributed by atoms with Crippen LogP contribution in [0, 0.1) is 5.92 Å². The van der Waals surface area contributed by atoms with Crippen molar-refractivity contribution in [2.24, 2.45) is 11.7 Å². The Bertz CT molecular complexity index is 105. The molecule has 3 rings (SSSR count). The molecular formula is C7H13N2. The van der Waals surface area contributed by atoms with E-state index in [-0.39, 0.29) is 0 Å². The third-order valence-corrected chi connectivity index (χ3v) is 2.57. The van der Waals surface area contributed by atoms with E-state index in [0.29, 0.717) is 12.1 Å². The first-order valence-electron chi connectivity index (χ1n) is 3.78. The summed E-state index contributed by atoms with van der Waals surface area (Å²) >= 11 is 0. The van der Waals surface area contributed by atoms with Crippen LogP contribution >= 0.6 is 0 Å². The molecule has 1 saturated carbocycles. The summed E-state index contributed by atoms with van der Waals surface area (Å²) in [4.78, 5) is 0. The van der Waals surface area contributed by atoms with E-state index in [1.807, 2.05) is 0 Å². The maximum atomic E-state index is 5.83. The summed E-state index contributed by atoms with van der Waals surface area (Å²) in [5.74, 6) is 0.838. The molecule has 0 aromatic rings. The zero-order chi connectivity index (χ0) is 6.27. The number of fused-ring (bicyclic) bond motifs is 3. The fourth-order valence-electron chi connectivity index (χ4n) is 1.96. The van der Waals surface area contributed by atoms with E-state index in [1.165, 1.54) is 19.3 Å². The Morgan fingerprint density at radius 3 is 2.44 bits per heavy atom. The summed E-state index contributed by atoms with van der Waals surface area (Å²) in [6.45, 7) is 1.10. The molecule has 2 aliphatic heterocycles. The minimum Gasteiger partial charge on any atom is -0.326 e. The van der Waals surface area contributed by atoms with E-state index < -0.39 is 0 Å². The van der Waals surface area contributed by atoms with Gasteiger partial charge in [-0.1, -0.05) is 0 Å². The highest BCUT2D eigenvalue weighted by atomic mass is 15.0. The van der Waals surface area contributed by atoms with Crippen molar-refractivity contribution in [3.05, 3.63) is 0 Å². The molecule has 2 N–H and O–H groups in total. The van der Waals surface area contributed by atoms with Crippen LogP contribution in [-0.2, 0) is 0 Å². The van der Waals surface area contributed by atoms with Crippen molar-refractivity contribution in [3.8, 4) is 0 Å². The third-order valence-electron chi connectivity index (χ3n) is 2.57. The van der Waals surface area contributed by atoms with Crippen LogP contribution in [0.2, 0.25) is 0 Å². The molecule has 2 bridgehead atoms. The van der Waals surface area contributed by atoms with Gasteiger partial charge >= 0.3 is 0 Å². The van der Waals surface area contributed by atoms with Gasteiger partial charge in [-0.05, 0) is 25.2 Å². The number of nitrogens with zero attached hydrogens (tertiary/aromatic N) is 1. The Balaban J connectivity index is 2.06. The van der Waals surface area contributed by atoms with Crippen molar-refractivity contribution in [2.75, 3.05) is 6.54 Å². The Hall–Kier alpha value is -0.0800. The van der Waals surface area contributed by atoms with Crippen molar-refractivity contribution < 1.29 is 0 Å². The summed E-state index contributed by atoms with van der Waals surface area (Å²) in [6.07, 6.45) is 3.86. The van der Waals surface area contributed by atoms with E-state index in [4.69, 9.17) is 5.73 Å².